The summed E-state index contributed by atoms with van der Waals surface area (Å²) in [5.41, 5.74) is 1.61. The van der Waals surface area contributed by atoms with Crippen molar-refractivity contribution in [3.05, 3.63) is 82.9 Å². The molecule has 1 N–H and O–H groups in total. The van der Waals surface area contributed by atoms with Crippen molar-refractivity contribution in [1.82, 2.24) is 30.2 Å². The summed E-state index contributed by atoms with van der Waals surface area (Å²) in [7, 11) is 1.79. The highest BCUT2D eigenvalue weighted by molar-refractivity contribution is 6.31. The number of carbonyl (C=O) groups is 2. The largest absolute Gasteiger partial charge is 0.331 e. The molecule has 9 nitrogen and oxygen atoms in total. The van der Waals surface area contributed by atoms with E-state index < -0.39 is 5.41 Å². The minimum absolute atomic E-state index is 0.0589. The fraction of sp³-hybridized carbons (Fsp3) is 0.345. The SMILES string of the molecule is CC(C)NC[C@H]1CN(c2cncc3ccccc23)C(=O)[C@]12CN(Cc1cn(C)nn1)C(=O)c1ccc(Cl)cc12. The van der Waals surface area contributed by atoms with Gasteiger partial charge in [0, 0.05) is 72.4 Å². The van der Waals surface area contributed by atoms with E-state index in [1.165, 1.54) is 0 Å². The van der Waals surface area contributed by atoms with Crippen molar-refractivity contribution < 1.29 is 9.59 Å². The third-order valence-electron chi connectivity index (χ3n) is 7.86. The standard InChI is InChI=1S/C29H30ClN7O2/c1-18(2)32-12-20-14-37(26-13-31-11-19-6-4-5-7-23(19)26)28(39)29(20)17-36(16-22-15-35(3)34-33-22)27(38)24-9-8-21(30)10-25(24)29/h4-11,13,15,18,20,32H,12,14,16-17H2,1-3H3/t20-,29+/m0/s1. The first-order valence-corrected chi connectivity index (χ1v) is 13.5. The van der Waals surface area contributed by atoms with Crippen molar-refractivity contribution in [2.75, 3.05) is 24.5 Å². The summed E-state index contributed by atoms with van der Waals surface area (Å²) < 4.78 is 1.61. The molecule has 4 aromatic rings. The summed E-state index contributed by atoms with van der Waals surface area (Å²) in [5.74, 6) is -0.344. The van der Waals surface area contributed by atoms with E-state index in [0.29, 0.717) is 34.9 Å². The smallest absolute Gasteiger partial charge is 0.254 e. The molecule has 2 aliphatic rings. The number of nitrogens with one attached hydrogen (secondary N) is 1. The molecule has 1 saturated heterocycles. The Morgan fingerprint density at radius 3 is 2.74 bits per heavy atom. The molecule has 2 atom stereocenters. The Kier molecular flexibility index (Phi) is 6.35. The monoisotopic (exact) mass is 543 g/mol. The van der Waals surface area contributed by atoms with Crippen molar-refractivity contribution in [2.24, 2.45) is 13.0 Å². The molecular formula is C29H30ClN7O2. The lowest BCUT2D eigenvalue weighted by Crippen LogP contribution is -2.57. The van der Waals surface area contributed by atoms with Gasteiger partial charge in [0.2, 0.25) is 5.91 Å². The molecular weight excluding hydrogens is 514 g/mol. The highest BCUT2D eigenvalue weighted by atomic mass is 35.5. The minimum Gasteiger partial charge on any atom is -0.331 e. The van der Waals surface area contributed by atoms with Gasteiger partial charge < -0.3 is 15.1 Å². The molecule has 2 aliphatic heterocycles. The Bertz CT molecular complexity index is 1580. The lowest BCUT2D eigenvalue weighted by molar-refractivity contribution is -0.123. The summed E-state index contributed by atoms with van der Waals surface area (Å²) in [6, 6.07) is 13.4. The van der Waals surface area contributed by atoms with Crippen LogP contribution in [-0.2, 0) is 23.8 Å². The molecule has 2 aromatic heterocycles. The normalized spacial score (nSPS) is 21.0. The summed E-state index contributed by atoms with van der Waals surface area (Å²) in [4.78, 5) is 36.6. The number of pyridine rings is 1. The van der Waals surface area contributed by atoms with E-state index in [-0.39, 0.29) is 36.9 Å². The van der Waals surface area contributed by atoms with Crippen molar-refractivity contribution in [3.8, 4) is 0 Å². The lowest BCUT2D eigenvalue weighted by Gasteiger charge is -2.43. The van der Waals surface area contributed by atoms with Gasteiger partial charge in [-0.05, 0) is 23.8 Å². The Labute approximate surface area is 231 Å². The first-order chi connectivity index (χ1) is 18.8. The second-order valence-corrected chi connectivity index (χ2v) is 11.2. The van der Waals surface area contributed by atoms with Gasteiger partial charge in [-0.25, -0.2) is 0 Å². The number of rotatable bonds is 6. The molecule has 0 bridgehead atoms. The van der Waals surface area contributed by atoms with Crippen molar-refractivity contribution in [2.45, 2.75) is 31.8 Å². The van der Waals surface area contributed by atoms with Crippen LogP contribution in [0.3, 0.4) is 0 Å². The van der Waals surface area contributed by atoms with Crippen LogP contribution in [0.1, 0.15) is 35.5 Å². The Balaban J connectivity index is 1.51. The van der Waals surface area contributed by atoms with Crippen LogP contribution in [0.4, 0.5) is 5.69 Å². The van der Waals surface area contributed by atoms with Gasteiger partial charge in [-0.1, -0.05) is 54.9 Å². The number of nitrogens with zero attached hydrogens (tertiary/aromatic N) is 6. The van der Waals surface area contributed by atoms with Crippen LogP contribution >= 0.6 is 11.6 Å². The Hall–Kier alpha value is -3.82. The summed E-state index contributed by atoms with van der Waals surface area (Å²) >= 11 is 6.51. The number of benzene rings is 2. The molecule has 0 aliphatic carbocycles. The Morgan fingerprint density at radius 2 is 1.97 bits per heavy atom. The van der Waals surface area contributed by atoms with Crippen molar-refractivity contribution in [3.63, 3.8) is 0 Å². The number of amides is 2. The predicted molar refractivity (Wildman–Crippen MR) is 150 cm³/mol. The minimum atomic E-state index is -1.00. The second-order valence-electron chi connectivity index (χ2n) is 10.8. The third-order valence-corrected chi connectivity index (χ3v) is 8.10. The molecule has 0 unspecified atom stereocenters. The van der Waals surface area contributed by atoms with Crippen molar-refractivity contribution in [1.29, 1.82) is 0 Å². The molecule has 2 amide bonds. The van der Waals surface area contributed by atoms with Gasteiger partial charge in [-0.2, -0.15) is 0 Å². The summed E-state index contributed by atoms with van der Waals surface area (Å²) in [6.07, 6.45) is 5.36. The maximum atomic E-state index is 14.8. The third kappa shape index (κ3) is 4.26. The topological polar surface area (TPSA) is 96.2 Å². The molecule has 10 heteroatoms. The number of halogens is 1. The Morgan fingerprint density at radius 1 is 1.15 bits per heavy atom. The zero-order valence-corrected chi connectivity index (χ0v) is 22.9. The number of hydrogen-bond donors (Lipinski definition) is 1. The summed E-state index contributed by atoms with van der Waals surface area (Å²) in [6.45, 7) is 5.72. The van der Waals surface area contributed by atoms with Crippen LogP contribution in [-0.4, -0.2) is 62.4 Å². The lowest BCUT2D eigenvalue weighted by atomic mass is 9.67. The fourth-order valence-electron chi connectivity index (χ4n) is 6.04. The quantitative estimate of drug-likeness (QED) is 0.399. The molecule has 200 valence electrons. The van der Waals surface area contributed by atoms with Crippen LogP contribution < -0.4 is 10.2 Å². The van der Waals surface area contributed by atoms with Gasteiger partial charge in [0.05, 0.1) is 23.8 Å². The van der Waals surface area contributed by atoms with Crippen molar-refractivity contribution >= 4 is 39.9 Å². The van der Waals surface area contributed by atoms with Crippen LogP contribution in [0.25, 0.3) is 10.8 Å². The number of aryl methyl sites for hydroxylation is 1. The predicted octanol–water partition coefficient (Wildman–Crippen LogP) is 3.57. The van der Waals surface area contributed by atoms with Crippen LogP contribution in [0.5, 0.6) is 0 Å². The molecule has 0 radical (unpaired) electrons. The van der Waals surface area contributed by atoms with Crippen LogP contribution in [0.15, 0.2) is 61.1 Å². The maximum Gasteiger partial charge on any atom is 0.254 e. The van der Waals surface area contributed by atoms with Crippen LogP contribution in [0, 0.1) is 5.92 Å². The number of aromatic nitrogens is 4. The number of fused-ring (bicyclic) bond motifs is 3. The highest BCUT2D eigenvalue weighted by Crippen LogP contribution is 2.48. The van der Waals surface area contributed by atoms with E-state index >= 15 is 0 Å². The molecule has 1 fully saturated rings. The first-order valence-electron chi connectivity index (χ1n) is 13.1. The van der Waals surface area contributed by atoms with Gasteiger partial charge in [-0.15, -0.1) is 5.10 Å². The zero-order valence-electron chi connectivity index (χ0n) is 22.1. The van der Waals surface area contributed by atoms with Gasteiger partial charge >= 0.3 is 0 Å². The number of anilines is 1. The maximum absolute atomic E-state index is 14.8. The van der Waals surface area contributed by atoms with E-state index in [4.69, 9.17) is 11.6 Å². The zero-order chi connectivity index (χ0) is 27.3. The van der Waals surface area contributed by atoms with E-state index in [1.54, 1.807) is 47.2 Å². The molecule has 6 rings (SSSR count). The van der Waals surface area contributed by atoms with Gasteiger partial charge in [0.1, 0.15) is 5.69 Å². The number of carbonyl (C=O) groups excluding carboxylic acids is 2. The first kappa shape index (κ1) is 25.5. The molecule has 4 heterocycles. The molecule has 2 aromatic carbocycles. The molecule has 39 heavy (non-hydrogen) atoms. The molecule has 0 saturated carbocycles. The number of hydrogen-bond acceptors (Lipinski definition) is 6. The molecule has 1 spiro atoms. The van der Waals surface area contributed by atoms with E-state index in [0.717, 1.165) is 16.5 Å². The average molecular weight is 544 g/mol. The average Bonchev–Trinajstić information content (AvgIpc) is 3.45. The second kappa shape index (κ2) is 9.73. The van der Waals surface area contributed by atoms with E-state index in [1.807, 2.05) is 35.4 Å². The highest BCUT2D eigenvalue weighted by Gasteiger charge is 2.59. The fourth-order valence-corrected chi connectivity index (χ4v) is 6.21. The van der Waals surface area contributed by atoms with Gasteiger partial charge in [-0.3, -0.25) is 19.3 Å². The summed E-state index contributed by atoms with van der Waals surface area (Å²) in [5, 5.41) is 14.2. The van der Waals surface area contributed by atoms with Gasteiger partial charge in [0.15, 0.2) is 0 Å². The van der Waals surface area contributed by atoms with Crippen LogP contribution in [0.2, 0.25) is 5.02 Å². The van der Waals surface area contributed by atoms with Gasteiger partial charge in [0.25, 0.3) is 5.91 Å². The van der Waals surface area contributed by atoms with E-state index in [9.17, 15) is 9.59 Å². The van der Waals surface area contributed by atoms with E-state index in [2.05, 4.69) is 34.5 Å².